The zero-order valence-corrected chi connectivity index (χ0v) is 11.0. The summed E-state index contributed by atoms with van der Waals surface area (Å²) in [6.07, 6.45) is 0.676. The van der Waals surface area contributed by atoms with Crippen molar-refractivity contribution in [1.29, 1.82) is 5.26 Å². The monoisotopic (exact) mass is 268 g/mol. The number of hydrogen-bond acceptors (Lipinski definition) is 4. The van der Waals surface area contributed by atoms with Gasteiger partial charge in [0.2, 0.25) is 10.0 Å². The average molecular weight is 268 g/mol. The number of aliphatic hydroxyl groups excluding tert-OH is 1. The van der Waals surface area contributed by atoms with E-state index in [1.807, 2.05) is 13.0 Å². The molecule has 5 nitrogen and oxygen atoms in total. The third-order valence-electron chi connectivity index (χ3n) is 2.44. The van der Waals surface area contributed by atoms with Gasteiger partial charge < -0.3 is 5.11 Å². The molecule has 18 heavy (non-hydrogen) atoms. The van der Waals surface area contributed by atoms with Crippen LogP contribution < -0.4 is 0 Å². The third-order valence-corrected chi connectivity index (χ3v) is 4.36. The molecule has 0 saturated heterocycles. The number of aliphatic hydroxyl groups is 1. The highest BCUT2D eigenvalue weighted by Crippen LogP contribution is 2.16. The smallest absolute Gasteiger partial charge is 0.243 e. The Kier molecular flexibility index (Phi) is 5.28. The van der Waals surface area contributed by atoms with Crippen molar-refractivity contribution in [3.8, 4) is 6.07 Å². The fourth-order valence-electron chi connectivity index (χ4n) is 1.56. The first-order chi connectivity index (χ1) is 8.56. The summed E-state index contributed by atoms with van der Waals surface area (Å²) >= 11 is 0. The molecule has 6 heteroatoms. The fraction of sp³-hybridized carbons (Fsp3) is 0.417. The predicted molar refractivity (Wildman–Crippen MR) is 67.3 cm³/mol. The molecular weight excluding hydrogens is 252 g/mol. The lowest BCUT2D eigenvalue weighted by atomic mass is 10.2. The van der Waals surface area contributed by atoms with E-state index >= 15 is 0 Å². The molecule has 0 aliphatic carbocycles. The summed E-state index contributed by atoms with van der Waals surface area (Å²) < 4.78 is 25.7. The molecule has 98 valence electrons. The van der Waals surface area contributed by atoms with E-state index in [1.165, 1.54) is 28.6 Å². The molecule has 0 amide bonds. The highest BCUT2D eigenvalue weighted by molar-refractivity contribution is 7.89. The Morgan fingerprint density at radius 3 is 2.33 bits per heavy atom. The first-order valence-corrected chi connectivity index (χ1v) is 7.11. The van der Waals surface area contributed by atoms with E-state index in [9.17, 15) is 8.42 Å². The number of nitrogens with zero attached hydrogens (tertiary/aromatic N) is 2. The van der Waals surface area contributed by atoms with Gasteiger partial charge in [0.25, 0.3) is 0 Å². The summed E-state index contributed by atoms with van der Waals surface area (Å²) in [4.78, 5) is 0.142. The number of hydrogen-bond donors (Lipinski definition) is 1. The average Bonchev–Trinajstić information content (AvgIpc) is 2.38. The van der Waals surface area contributed by atoms with Crippen molar-refractivity contribution in [2.24, 2.45) is 0 Å². The zero-order valence-electron chi connectivity index (χ0n) is 10.2. The normalized spacial score (nSPS) is 11.4. The molecule has 1 N–H and O–H groups in total. The van der Waals surface area contributed by atoms with Gasteiger partial charge in [-0.05, 0) is 30.7 Å². The summed E-state index contributed by atoms with van der Waals surface area (Å²) in [6.45, 7) is 2.10. The van der Waals surface area contributed by atoms with Gasteiger partial charge in [0.15, 0.2) is 0 Å². The van der Waals surface area contributed by atoms with Gasteiger partial charge in [-0.1, -0.05) is 6.92 Å². The van der Waals surface area contributed by atoms with Crippen molar-refractivity contribution in [1.82, 2.24) is 4.31 Å². The molecule has 0 aliphatic heterocycles. The van der Waals surface area contributed by atoms with Crippen molar-refractivity contribution in [2.75, 3.05) is 19.7 Å². The molecule has 0 bridgehead atoms. The van der Waals surface area contributed by atoms with E-state index in [4.69, 9.17) is 10.4 Å². The van der Waals surface area contributed by atoms with Gasteiger partial charge in [0, 0.05) is 13.1 Å². The molecular formula is C12H16N2O3S. The molecule has 1 aromatic rings. The second kappa shape index (κ2) is 6.50. The molecule has 0 fully saturated rings. The molecule has 0 unspecified atom stereocenters. The molecule has 0 atom stereocenters. The third kappa shape index (κ3) is 3.29. The van der Waals surface area contributed by atoms with E-state index in [2.05, 4.69) is 0 Å². The minimum atomic E-state index is -3.59. The molecule has 1 rings (SSSR count). The van der Waals surface area contributed by atoms with Gasteiger partial charge >= 0.3 is 0 Å². The lowest BCUT2D eigenvalue weighted by Crippen LogP contribution is -2.34. The van der Waals surface area contributed by atoms with Crippen LogP contribution in [0.5, 0.6) is 0 Å². The molecule has 0 saturated carbocycles. The number of benzene rings is 1. The highest BCUT2D eigenvalue weighted by atomic mass is 32.2. The van der Waals surface area contributed by atoms with Gasteiger partial charge in [0.05, 0.1) is 23.1 Å². The van der Waals surface area contributed by atoms with E-state index in [-0.39, 0.29) is 18.0 Å². The van der Waals surface area contributed by atoms with E-state index in [0.717, 1.165) is 0 Å². The standard InChI is InChI=1S/C12H16N2O3S/c1-2-7-14(8-9-15)18(16,17)12-5-3-11(10-13)4-6-12/h3-6,15H,2,7-9H2,1H3. The lowest BCUT2D eigenvalue weighted by Gasteiger charge is -2.20. The quantitative estimate of drug-likeness (QED) is 0.833. The molecule has 0 aliphatic rings. The largest absolute Gasteiger partial charge is 0.395 e. The molecule has 0 heterocycles. The van der Waals surface area contributed by atoms with E-state index < -0.39 is 10.0 Å². The predicted octanol–water partition coefficient (Wildman–Crippen LogP) is 0.951. The Morgan fingerprint density at radius 1 is 1.28 bits per heavy atom. The Balaban J connectivity index is 3.06. The van der Waals surface area contributed by atoms with Crippen LogP contribution in [0.3, 0.4) is 0 Å². The van der Waals surface area contributed by atoms with Gasteiger partial charge in [-0.3, -0.25) is 0 Å². The molecule has 0 radical (unpaired) electrons. The summed E-state index contributed by atoms with van der Waals surface area (Å²) in [6, 6.07) is 7.69. The van der Waals surface area contributed by atoms with Crippen LogP contribution in [0.4, 0.5) is 0 Å². The molecule has 0 aromatic heterocycles. The van der Waals surface area contributed by atoms with Crippen molar-refractivity contribution in [3.63, 3.8) is 0 Å². The van der Waals surface area contributed by atoms with Crippen LogP contribution in [0.15, 0.2) is 29.2 Å². The second-order valence-electron chi connectivity index (χ2n) is 3.76. The minimum Gasteiger partial charge on any atom is -0.395 e. The van der Waals surface area contributed by atoms with Crippen molar-refractivity contribution < 1.29 is 13.5 Å². The van der Waals surface area contributed by atoms with E-state index in [1.54, 1.807) is 0 Å². The first-order valence-electron chi connectivity index (χ1n) is 5.67. The number of sulfonamides is 1. The van der Waals surface area contributed by atoms with Crippen LogP contribution in [-0.2, 0) is 10.0 Å². The topological polar surface area (TPSA) is 81.4 Å². The Labute approximate surface area is 107 Å². The van der Waals surface area contributed by atoms with Crippen molar-refractivity contribution in [2.45, 2.75) is 18.2 Å². The Morgan fingerprint density at radius 2 is 1.89 bits per heavy atom. The Bertz CT molecular complexity index is 511. The fourth-order valence-corrected chi connectivity index (χ4v) is 3.09. The van der Waals surface area contributed by atoms with Gasteiger partial charge in [-0.25, -0.2) is 8.42 Å². The van der Waals surface area contributed by atoms with Crippen molar-refractivity contribution >= 4 is 10.0 Å². The van der Waals surface area contributed by atoms with Gasteiger partial charge in [-0.15, -0.1) is 0 Å². The van der Waals surface area contributed by atoms with Crippen LogP contribution >= 0.6 is 0 Å². The maximum Gasteiger partial charge on any atom is 0.243 e. The van der Waals surface area contributed by atoms with Crippen LogP contribution in [0.2, 0.25) is 0 Å². The maximum atomic E-state index is 12.2. The molecule has 0 spiro atoms. The summed E-state index contributed by atoms with van der Waals surface area (Å²) in [5.41, 5.74) is 0.415. The maximum absolute atomic E-state index is 12.2. The summed E-state index contributed by atoms with van der Waals surface area (Å²) in [5.74, 6) is 0. The minimum absolute atomic E-state index is 0.0795. The van der Waals surface area contributed by atoms with Crippen LogP contribution in [0.25, 0.3) is 0 Å². The van der Waals surface area contributed by atoms with Crippen molar-refractivity contribution in [3.05, 3.63) is 29.8 Å². The van der Waals surface area contributed by atoms with Crippen LogP contribution in [0, 0.1) is 11.3 Å². The van der Waals surface area contributed by atoms with Crippen LogP contribution in [-0.4, -0.2) is 37.5 Å². The Hall–Kier alpha value is -1.42. The second-order valence-corrected chi connectivity index (χ2v) is 5.70. The first kappa shape index (κ1) is 14.6. The highest BCUT2D eigenvalue weighted by Gasteiger charge is 2.22. The number of rotatable bonds is 6. The van der Waals surface area contributed by atoms with Crippen LogP contribution in [0.1, 0.15) is 18.9 Å². The zero-order chi connectivity index (χ0) is 13.6. The van der Waals surface area contributed by atoms with Gasteiger partial charge in [-0.2, -0.15) is 9.57 Å². The lowest BCUT2D eigenvalue weighted by molar-refractivity contribution is 0.253. The SMILES string of the molecule is CCCN(CCO)S(=O)(=O)c1ccc(C#N)cc1. The summed E-state index contributed by atoms with van der Waals surface area (Å²) in [5, 5.41) is 17.6. The summed E-state index contributed by atoms with van der Waals surface area (Å²) in [7, 11) is -3.59. The van der Waals surface area contributed by atoms with E-state index in [0.29, 0.717) is 18.5 Å². The van der Waals surface area contributed by atoms with Gasteiger partial charge in [0.1, 0.15) is 0 Å². The number of nitriles is 1. The molecule has 1 aromatic carbocycles.